The van der Waals surface area contributed by atoms with Crippen molar-refractivity contribution in [3.05, 3.63) is 58.6 Å². The molecule has 0 aliphatic carbocycles. The summed E-state index contributed by atoms with van der Waals surface area (Å²) in [5, 5.41) is 7.46. The molecule has 0 saturated heterocycles. The SMILES string of the molecule is COc1ccc(CCNC(=NCC(=O)N(C)C)NC2CCOc3ccccc32)c(Cl)c1.I. The van der Waals surface area contributed by atoms with Crippen LogP contribution in [-0.2, 0) is 11.2 Å². The summed E-state index contributed by atoms with van der Waals surface area (Å²) in [6.45, 7) is 1.30. The number of para-hydroxylation sites is 1. The molecule has 0 spiro atoms. The maximum atomic E-state index is 12.1. The Balaban J connectivity index is 0.00000363. The van der Waals surface area contributed by atoms with E-state index in [1.54, 1.807) is 27.3 Å². The lowest BCUT2D eigenvalue weighted by Crippen LogP contribution is -2.42. The molecule has 0 saturated carbocycles. The summed E-state index contributed by atoms with van der Waals surface area (Å²) in [6.07, 6.45) is 1.51. The number of ether oxygens (including phenoxy) is 2. The summed E-state index contributed by atoms with van der Waals surface area (Å²) in [6, 6.07) is 13.7. The number of rotatable bonds is 7. The molecule has 1 amide bonds. The van der Waals surface area contributed by atoms with Gasteiger partial charge in [0.15, 0.2) is 5.96 Å². The van der Waals surface area contributed by atoms with Gasteiger partial charge >= 0.3 is 0 Å². The van der Waals surface area contributed by atoms with Crippen LogP contribution < -0.4 is 20.1 Å². The van der Waals surface area contributed by atoms with Gasteiger partial charge in [0.05, 0.1) is 19.8 Å². The van der Waals surface area contributed by atoms with Crippen LogP contribution in [0.25, 0.3) is 0 Å². The van der Waals surface area contributed by atoms with E-state index in [9.17, 15) is 4.79 Å². The fraction of sp³-hybridized carbons (Fsp3) is 0.391. The minimum absolute atomic E-state index is 0. The number of likely N-dealkylation sites (N-methyl/N-ethyl adjacent to an activating group) is 1. The molecule has 1 atom stereocenters. The molecule has 0 radical (unpaired) electrons. The van der Waals surface area contributed by atoms with Crippen LogP contribution in [0.1, 0.15) is 23.6 Å². The minimum Gasteiger partial charge on any atom is -0.497 e. The summed E-state index contributed by atoms with van der Waals surface area (Å²) in [7, 11) is 5.06. The molecule has 2 aromatic rings. The topological polar surface area (TPSA) is 75.2 Å². The van der Waals surface area contributed by atoms with E-state index in [1.165, 1.54) is 4.90 Å². The number of fused-ring (bicyclic) bond motifs is 1. The van der Waals surface area contributed by atoms with Crippen molar-refractivity contribution in [2.75, 3.05) is 40.9 Å². The highest BCUT2D eigenvalue weighted by molar-refractivity contribution is 14.0. The lowest BCUT2D eigenvalue weighted by Gasteiger charge is -2.28. The van der Waals surface area contributed by atoms with E-state index in [-0.39, 0.29) is 42.5 Å². The molecule has 174 valence electrons. The third-order valence-corrected chi connectivity index (χ3v) is 5.44. The Bertz CT molecular complexity index is 939. The van der Waals surface area contributed by atoms with E-state index in [1.807, 2.05) is 36.4 Å². The van der Waals surface area contributed by atoms with Crippen molar-refractivity contribution in [3.63, 3.8) is 0 Å². The van der Waals surface area contributed by atoms with Crippen LogP contribution in [-0.4, -0.2) is 57.7 Å². The van der Waals surface area contributed by atoms with Crippen molar-refractivity contribution in [3.8, 4) is 11.5 Å². The van der Waals surface area contributed by atoms with Gasteiger partial charge in [-0.15, -0.1) is 24.0 Å². The zero-order valence-electron chi connectivity index (χ0n) is 18.6. The van der Waals surface area contributed by atoms with Crippen molar-refractivity contribution in [1.82, 2.24) is 15.5 Å². The fourth-order valence-corrected chi connectivity index (χ4v) is 3.54. The van der Waals surface area contributed by atoms with Crippen LogP contribution in [0.15, 0.2) is 47.5 Å². The molecule has 1 heterocycles. The number of nitrogens with zero attached hydrogens (tertiary/aromatic N) is 2. The van der Waals surface area contributed by atoms with Gasteiger partial charge in [-0.1, -0.05) is 35.9 Å². The Labute approximate surface area is 211 Å². The van der Waals surface area contributed by atoms with Crippen LogP contribution >= 0.6 is 35.6 Å². The fourth-order valence-electron chi connectivity index (χ4n) is 3.27. The molecule has 0 bridgehead atoms. The smallest absolute Gasteiger partial charge is 0.243 e. The van der Waals surface area contributed by atoms with E-state index in [0.717, 1.165) is 29.0 Å². The number of hydrogen-bond donors (Lipinski definition) is 2. The quantitative estimate of drug-likeness (QED) is 0.301. The van der Waals surface area contributed by atoms with Crippen LogP contribution in [0.2, 0.25) is 5.02 Å². The first-order valence-electron chi connectivity index (χ1n) is 10.3. The number of nitrogens with one attached hydrogen (secondary N) is 2. The zero-order valence-corrected chi connectivity index (χ0v) is 21.6. The molecule has 1 aliphatic rings. The highest BCUT2D eigenvalue weighted by Crippen LogP contribution is 2.31. The number of methoxy groups -OCH3 is 1. The minimum atomic E-state index is -0.0633. The Morgan fingerprint density at radius 1 is 1.28 bits per heavy atom. The van der Waals surface area contributed by atoms with Gasteiger partial charge in [-0.25, -0.2) is 4.99 Å². The highest BCUT2D eigenvalue weighted by atomic mass is 127. The summed E-state index contributed by atoms with van der Waals surface area (Å²) in [5.74, 6) is 2.12. The van der Waals surface area contributed by atoms with Crippen LogP contribution in [0, 0.1) is 0 Å². The molecule has 1 unspecified atom stereocenters. The second-order valence-corrected chi connectivity index (χ2v) is 7.87. The van der Waals surface area contributed by atoms with Crippen LogP contribution in [0.5, 0.6) is 11.5 Å². The maximum absolute atomic E-state index is 12.1. The summed E-state index contributed by atoms with van der Waals surface area (Å²) < 4.78 is 11.0. The average molecular weight is 573 g/mol. The standard InChI is InChI=1S/C23H29ClN4O3.HI/c1-28(2)22(29)15-26-23(25-12-10-16-8-9-17(30-3)14-19(16)24)27-20-11-13-31-21-7-5-4-6-18(20)21;/h4-9,14,20H,10-13,15H2,1-3H3,(H2,25,26,27);1H. The maximum Gasteiger partial charge on any atom is 0.243 e. The Morgan fingerprint density at radius 3 is 2.78 bits per heavy atom. The van der Waals surface area contributed by atoms with Crippen LogP contribution in [0.3, 0.4) is 0 Å². The van der Waals surface area contributed by atoms with Gasteiger partial charge in [0.25, 0.3) is 0 Å². The van der Waals surface area contributed by atoms with Gasteiger partial charge in [-0.2, -0.15) is 0 Å². The zero-order chi connectivity index (χ0) is 22.2. The summed E-state index contributed by atoms with van der Waals surface area (Å²) in [5.41, 5.74) is 2.09. The Hall–Kier alpha value is -2.20. The number of benzene rings is 2. The van der Waals surface area contributed by atoms with Crippen molar-refractivity contribution in [1.29, 1.82) is 0 Å². The first-order valence-corrected chi connectivity index (χ1v) is 10.6. The van der Waals surface area contributed by atoms with Crippen molar-refractivity contribution >= 4 is 47.4 Å². The van der Waals surface area contributed by atoms with Crippen molar-refractivity contribution < 1.29 is 14.3 Å². The predicted molar refractivity (Wildman–Crippen MR) is 139 cm³/mol. The summed E-state index contributed by atoms with van der Waals surface area (Å²) >= 11 is 6.36. The van der Waals surface area contributed by atoms with E-state index in [2.05, 4.69) is 15.6 Å². The average Bonchev–Trinajstić information content (AvgIpc) is 2.78. The van der Waals surface area contributed by atoms with E-state index < -0.39 is 0 Å². The van der Waals surface area contributed by atoms with Gasteiger partial charge in [0.2, 0.25) is 5.91 Å². The molecule has 1 aliphatic heterocycles. The lowest BCUT2D eigenvalue weighted by atomic mass is 10.0. The van der Waals surface area contributed by atoms with Crippen molar-refractivity contribution in [2.24, 2.45) is 4.99 Å². The molecule has 0 fully saturated rings. The molecular formula is C23H30ClIN4O3. The molecule has 3 rings (SSSR count). The highest BCUT2D eigenvalue weighted by Gasteiger charge is 2.22. The second-order valence-electron chi connectivity index (χ2n) is 7.46. The second kappa shape index (κ2) is 12.7. The van der Waals surface area contributed by atoms with E-state index in [4.69, 9.17) is 21.1 Å². The molecule has 0 aromatic heterocycles. The molecule has 32 heavy (non-hydrogen) atoms. The van der Waals surface area contributed by atoms with E-state index in [0.29, 0.717) is 30.6 Å². The Morgan fingerprint density at radius 2 is 2.06 bits per heavy atom. The number of guanidine groups is 1. The molecule has 2 N–H and O–H groups in total. The Kier molecular flexibility index (Phi) is 10.4. The molecule has 2 aromatic carbocycles. The normalized spacial score (nSPS) is 15.0. The van der Waals surface area contributed by atoms with Gasteiger partial charge < -0.3 is 25.0 Å². The molecule has 7 nitrogen and oxygen atoms in total. The predicted octanol–water partition coefficient (Wildman–Crippen LogP) is 3.66. The summed E-state index contributed by atoms with van der Waals surface area (Å²) in [4.78, 5) is 18.1. The van der Waals surface area contributed by atoms with Crippen LogP contribution in [0.4, 0.5) is 0 Å². The molecule has 9 heteroatoms. The largest absolute Gasteiger partial charge is 0.497 e. The first-order chi connectivity index (χ1) is 15.0. The number of hydrogen-bond acceptors (Lipinski definition) is 4. The monoisotopic (exact) mass is 572 g/mol. The van der Waals surface area contributed by atoms with Crippen molar-refractivity contribution in [2.45, 2.75) is 18.9 Å². The lowest BCUT2D eigenvalue weighted by molar-refractivity contribution is -0.127. The van der Waals surface area contributed by atoms with Gasteiger partial charge in [0, 0.05) is 37.6 Å². The number of halogens is 2. The number of carbonyl (C=O) groups excluding carboxylic acids is 1. The van der Waals surface area contributed by atoms with Gasteiger partial charge in [-0.05, 0) is 30.2 Å². The molecular weight excluding hydrogens is 543 g/mol. The third kappa shape index (κ3) is 7.16. The number of amides is 1. The van der Waals surface area contributed by atoms with E-state index >= 15 is 0 Å². The first kappa shape index (κ1) is 26.1. The third-order valence-electron chi connectivity index (χ3n) is 5.09. The van der Waals surface area contributed by atoms with Gasteiger partial charge in [-0.3, -0.25) is 4.79 Å². The number of aliphatic imine (C=N–C) groups is 1. The number of carbonyl (C=O) groups is 1. The van der Waals surface area contributed by atoms with Gasteiger partial charge in [0.1, 0.15) is 18.0 Å².